The number of rotatable bonds is 4. The molecule has 1 aromatic carbocycles. The van der Waals surface area contributed by atoms with Crippen molar-refractivity contribution >= 4 is 23.6 Å². The number of halogens is 1. The lowest BCUT2D eigenvalue weighted by Crippen LogP contribution is -2.49. The molecule has 160 valence electrons. The highest BCUT2D eigenvalue weighted by Crippen LogP contribution is 2.37. The molecule has 2 saturated heterocycles. The van der Waals surface area contributed by atoms with E-state index in [0.29, 0.717) is 31.5 Å². The van der Waals surface area contributed by atoms with Crippen molar-refractivity contribution in [3.05, 3.63) is 35.6 Å². The molecular weight excluding hydrogens is 389 g/mol. The average Bonchev–Trinajstić information content (AvgIpc) is 3.00. The van der Waals surface area contributed by atoms with Crippen molar-refractivity contribution in [2.75, 3.05) is 19.6 Å². The first-order chi connectivity index (χ1) is 14.4. The van der Waals surface area contributed by atoms with Crippen molar-refractivity contribution in [2.45, 2.75) is 44.6 Å². The van der Waals surface area contributed by atoms with E-state index in [2.05, 4.69) is 5.32 Å². The van der Waals surface area contributed by atoms with Crippen LogP contribution in [0.1, 0.15) is 48.9 Å². The summed E-state index contributed by atoms with van der Waals surface area (Å²) in [6.07, 6.45) is 4.56. The molecule has 0 aromatic heterocycles. The van der Waals surface area contributed by atoms with Crippen LogP contribution in [0.4, 0.5) is 4.39 Å². The summed E-state index contributed by atoms with van der Waals surface area (Å²) in [5.74, 6) is -1.76. The summed E-state index contributed by atoms with van der Waals surface area (Å²) < 4.78 is 13.0. The van der Waals surface area contributed by atoms with Gasteiger partial charge in [0, 0.05) is 24.7 Å². The molecule has 1 saturated carbocycles. The number of fused-ring (bicyclic) bond motifs is 1. The molecular formula is C22H26FN3O4. The Morgan fingerprint density at radius 3 is 2.07 bits per heavy atom. The summed E-state index contributed by atoms with van der Waals surface area (Å²) in [5.41, 5.74) is 0.391. The van der Waals surface area contributed by atoms with E-state index in [4.69, 9.17) is 0 Å². The molecule has 1 aromatic rings. The van der Waals surface area contributed by atoms with Crippen molar-refractivity contribution in [2.24, 2.45) is 11.8 Å². The van der Waals surface area contributed by atoms with Gasteiger partial charge in [-0.2, -0.15) is 0 Å². The highest BCUT2D eigenvalue weighted by atomic mass is 19.1. The second-order valence-electron chi connectivity index (χ2n) is 8.40. The van der Waals surface area contributed by atoms with Gasteiger partial charge in [0.15, 0.2) is 0 Å². The van der Waals surface area contributed by atoms with Gasteiger partial charge in [0.1, 0.15) is 12.4 Å². The minimum atomic E-state index is -0.396. The Hall–Kier alpha value is -2.77. The molecule has 7 nitrogen and oxygen atoms in total. The fourth-order valence-corrected chi connectivity index (χ4v) is 4.77. The Morgan fingerprint density at radius 2 is 1.50 bits per heavy atom. The van der Waals surface area contributed by atoms with Gasteiger partial charge in [-0.15, -0.1) is 0 Å². The van der Waals surface area contributed by atoms with Crippen LogP contribution in [0.3, 0.4) is 0 Å². The first-order valence-electron chi connectivity index (χ1n) is 10.6. The van der Waals surface area contributed by atoms with Crippen molar-refractivity contribution in [1.29, 1.82) is 0 Å². The Morgan fingerprint density at radius 1 is 0.933 bits per heavy atom. The lowest BCUT2D eigenvalue weighted by molar-refractivity contribution is -0.147. The standard InChI is InChI=1S/C22H26FN3O4/c23-15-7-5-14(6-8-15)20(28)24-16-9-11-25(12-10-16)19(27)13-26-21(29)17-3-1-2-4-18(17)22(26)30/h5-8,16-18H,1-4,9-13H2,(H,24,28)/t17-,18-/m1/s1. The van der Waals surface area contributed by atoms with Crippen LogP contribution in [-0.4, -0.2) is 59.1 Å². The van der Waals surface area contributed by atoms with Gasteiger partial charge in [0.05, 0.1) is 11.8 Å². The van der Waals surface area contributed by atoms with E-state index in [1.807, 2.05) is 0 Å². The van der Waals surface area contributed by atoms with Crippen LogP contribution in [0.5, 0.6) is 0 Å². The van der Waals surface area contributed by atoms with Crippen molar-refractivity contribution in [3.63, 3.8) is 0 Å². The van der Waals surface area contributed by atoms with Crippen LogP contribution in [-0.2, 0) is 14.4 Å². The van der Waals surface area contributed by atoms with Gasteiger partial charge in [0.25, 0.3) is 5.91 Å². The third kappa shape index (κ3) is 4.08. The molecule has 0 radical (unpaired) electrons. The fraction of sp³-hybridized carbons (Fsp3) is 0.545. The minimum Gasteiger partial charge on any atom is -0.349 e. The molecule has 4 amide bonds. The number of nitrogens with zero attached hydrogens (tertiary/aromatic N) is 2. The SMILES string of the molecule is O=C(NC1CCN(C(=O)CN2C(=O)[C@@H]3CCCC[C@H]3C2=O)CC1)c1ccc(F)cc1. The Kier molecular flexibility index (Phi) is 5.83. The predicted octanol–water partition coefficient (Wildman–Crippen LogP) is 1.72. The summed E-state index contributed by atoms with van der Waals surface area (Å²) in [6.45, 7) is 0.726. The van der Waals surface area contributed by atoms with Crippen LogP contribution >= 0.6 is 0 Å². The number of carbonyl (C=O) groups is 4. The first kappa shape index (κ1) is 20.5. The van der Waals surface area contributed by atoms with Gasteiger partial charge in [0.2, 0.25) is 17.7 Å². The van der Waals surface area contributed by atoms with E-state index in [0.717, 1.165) is 30.6 Å². The van der Waals surface area contributed by atoms with Crippen molar-refractivity contribution < 1.29 is 23.6 Å². The summed E-state index contributed by atoms with van der Waals surface area (Å²) >= 11 is 0. The van der Waals surface area contributed by atoms with E-state index < -0.39 is 5.82 Å². The molecule has 0 unspecified atom stereocenters. The number of carbonyl (C=O) groups excluding carboxylic acids is 4. The van der Waals surface area contributed by atoms with Crippen LogP contribution in [0.2, 0.25) is 0 Å². The highest BCUT2D eigenvalue weighted by Gasteiger charge is 2.48. The Balaban J connectivity index is 1.27. The number of piperidine rings is 1. The highest BCUT2D eigenvalue weighted by molar-refractivity contribution is 6.07. The molecule has 3 aliphatic rings. The monoisotopic (exact) mass is 415 g/mol. The Labute approximate surface area is 174 Å². The molecule has 1 aliphatic carbocycles. The number of hydrogen-bond donors (Lipinski definition) is 1. The second kappa shape index (κ2) is 8.53. The maximum Gasteiger partial charge on any atom is 0.251 e. The maximum atomic E-state index is 13.0. The van der Waals surface area contributed by atoms with Gasteiger partial charge in [-0.3, -0.25) is 24.1 Å². The van der Waals surface area contributed by atoms with Crippen LogP contribution < -0.4 is 5.32 Å². The molecule has 2 heterocycles. The number of benzene rings is 1. The lowest BCUT2D eigenvalue weighted by atomic mass is 9.81. The van der Waals surface area contributed by atoms with Gasteiger partial charge in [-0.1, -0.05) is 12.8 Å². The zero-order valence-electron chi connectivity index (χ0n) is 16.8. The summed E-state index contributed by atoms with van der Waals surface area (Å²) in [6, 6.07) is 5.28. The molecule has 8 heteroatoms. The minimum absolute atomic E-state index is 0.0791. The quantitative estimate of drug-likeness (QED) is 0.759. The molecule has 30 heavy (non-hydrogen) atoms. The van der Waals surface area contributed by atoms with Crippen molar-refractivity contribution in [3.8, 4) is 0 Å². The molecule has 2 atom stereocenters. The molecule has 3 fully saturated rings. The fourth-order valence-electron chi connectivity index (χ4n) is 4.77. The molecule has 1 N–H and O–H groups in total. The third-order valence-electron chi connectivity index (χ3n) is 6.52. The summed E-state index contributed by atoms with van der Waals surface area (Å²) in [7, 11) is 0. The number of hydrogen-bond acceptors (Lipinski definition) is 4. The van der Waals surface area contributed by atoms with E-state index in [1.54, 1.807) is 4.90 Å². The zero-order valence-corrected chi connectivity index (χ0v) is 16.8. The number of imide groups is 1. The molecule has 4 rings (SSSR count). The van der Waals surface area contributed by atoms with Gasteiger partial charge in [-0.05, 0) is 49.9 Å². The number of likely N-dealkylation sites (tertiary alicyclic amines) is 2. The second-order valence-corrected chi connectivity index (χ2v) is 8.40. The molecule has 0 bridgehead atoms. The third-order valence-corrected chi connectivity index (χ3v) is 6.52. The average molecular weight is 415 g/mol. The van der Waals surface area contributed by atoms with Crippen LogP contribution in [0.15, 0.2) is 24.3 Å². The first-order valence-corrected chi connectivity index (χ1v) is 10.6. The van der Waals surface area contributed by atoms with E-state index in [-0.39, 0.29) is 48.1 Å². The topological polar surface area (TPSA) is 86.8 Å². The lowest BCUT2D eigenvalue weighted by Gasteiger charge is -2.33. The maximum absolute atomic E-state index is 13.0. The number of nitrogens with one attached hydrogen (secondary N) is 1. The normalized spacial score (nSPS) is 24.7. The van der Waals surface area contributed by atoms with E-state index in [1.165, 1.54) is 24.3 Å². The van der Waals surface area contributed by atoms with Gasteiger partial charge < -0.3 is 10.2 Å². The predicted molar refractivity (Wildman–Crippen MR) is 106 cm³/mol. The number of amides is 4. The smallest absolute Gasteiger partial charge is 0.251 e. The largest absolute Gasteiger partial charge is 0.349 e. The van der Waals surface area contributed by atoms with Crippen LogP contribution in [0, 0.1) is 17.7 Å². The van der Waals surface area contributed by atoms with Gasteiger partial charge >= 0.3 is 0 Å². The van der Waals surface area contributed by atoms with E-state index in [9.17, 15) is 23.6 Å². The zero-order chi connectivity index (χ0) is 21.3. The molecule has 0 spiro atoms. The van der Waals surface area contributed by atoms with Crippen molar-refractivity contribution in [1.82, 2.24) is 15.1 Å². The summed E-state index contributed by atoms with van der Waals surface area (Å²) in [4.78, 5) is 52.9. The van der Waals surface area contributed by atoms with Crippen LogP contribution in [0.25, 0.3) is 0 Å². The Bertz CT molecular complexity index is 824. The summed E-state index contributed by atoms with van der Waals surface area (Å²) in [5, 5.41) is 2.92. The molecule has 2 aliphatic heterocycles. The van der Waals surface area contributed by atoms with E-state index >= 15 is 0 Å². The van der Waals surface area contributed by atoms with Gasteiger partial charge in [-0.25, -0.2) is 4.39 Å².